The highest BCUT2D eigenvalue weighted by Gasteiger charge is 2.06. The molecule has 0 amide bonds. The third-order valence-electron chi connectivity index (χ3n) is 2.94. The minimum atomic E-state index is -0.318. The smallest absolute Gasteiger partial charge is 0.338 e. The second-order valence-electron chi connectivity index (χ2n) is 4.62. The van der Waals surface area contributed by atoms with Crippen LogP contribution >= 0.6 is 11.8 Å². The Bertz CT molecular complexity index is 558. The fraction of sp³-hybridized carbons (Fsp3) is 0.222. The molecule has 0 aliphatic heterocycles. The molecule has 0 bridgehead atoms. The predicted molar refractivity (Wildman–Crippen MR) is 90.8 cm³/mol. The van der Waals surface area contributed by atoms with Crippen LogP contribution in [-0.2, 0) is 9.47 Å². The lowest BCUT2D eigenvalue weighted by molar-refractivity contribution is 0.0525. The quantitative estimate of drug-likeness (QED) is 0.548. The van der Waals surface area contributed by atoms with Gasteiger partial charge >= 0.3 is 11.9 Å². The first-order valence-electron chi connectivity index (χ1n) is 7.29. The van der Waals surface area contributed by atoms with E-state index in [2.05, 4.69) is 0 Å². The van der Waals surface area contributed by atoms with Gasteiger partial charge in [0.05, 0.1) is 11.1 Å². The van der Waals surface area contributed by atoms with E-state index in [1.165, 1.54) is 0 Å². The van der Waals surface area contributed by atoms with Crippen molar-refractivity contribution in [3.05, 3.63) is 71.8 Å². The highest BCUT2D eigenvalue weighted by Crippen LogP contribution is 2.05. The number of thioether (sulfide) groups is 1. The fourth-order valence-electron chi connectivity index (χ4n) is 1.80. The van der Waals surface area contributed by atoms with Crippen molar-refractivity contribution in [2.24, 2.45) is 0 Å². The van der Waals surface area contributed by atoms with Gasteiger partial charge in [-0.2, -0.15) is 11.8 Å². The van der Waals surface area contributed by atoms with Gasteiger partial charge in [0.15, 0.2) is 0 Å². The maximum Gasteiger partial charge on any atom is 0.338 e. The zero-order valence-corrected chi connectivity index (χ0v) is 13.5. The summed E-state index contributed by atoms with van der Waals surface area (Å²) in [5, 5.41) is 0. The minimum absolute atomic E-state index is 0.318. The average Bonchev–Trinajstić information content (AvgIpc) is 2.62. The van der Waals surface area contributed by atoms with Crippen molar-refractivity contribution >= 4 is 23.7 Å². The van der Waals surface area contributed by atoms with Crippen LogP contribution in [-0.4, -0.2) is 36.7 Å². The fourth-order valence-corrected chi connectivity index (χ4v) is 2.41. The number of rotatable bonds is 8. The van der Waals surface area contributed by atoms with E-state index in [9.17, 15) is 9.59 Å². The summed E-state index contributed by atoms with van der Waals surface area (Å²) >= 11 is 1.57. The zero-order chi connectivity index (χ0) is 16.3. The van der Waals surface area contributed by atoms with E-state index in [1.807, 2.05) is 12.1 Å². The molecule has 120 valence electrons. The monoisotopic (exact) mass is 330 g/mol. The number of benzene rings is 2. The number of hydrogen-bond donors (Lipinski definition) is 0. The predicted octanol–water partition coefficient (Wildman–Crippen LogP) is 3.43. The van der Waals surface area contributed by atoms with Crippen LogP contribution in [0.25, 0.3) is 0 Å². The maximum absolute atomic E-state index is 11.7. The summed E-state index contributed by atoms with van der Waals surface area (Å²) in [4.78, 5) is 23.4. The molecule has 0 aromatic heterocycles. The molecule has 2 aromatic carbocycles. The number of esters is 2. The van der Waals surface area contributed by atoms with Crippen LogP contribution in [0.2, 0.25) is 0 Å². The molecule has 0 saturated heterocycles. The normalized spacial score (nSPS) is 10.1. The molecular weight excluding hydrogens is 312 g/mol. The van der Waals surface area contributed by atoms with Crippen molar-refractivity contribution in [2.45, 2.75) is 0 Å². The maximum atomic E-state index is 11.7. The molecule has 4 nitrogen and oxygen atoms in total. The average molecular weight is 330 g/mol. The standard InChI is InChI=1S/C18H18O4S/c19-17(15-7-3-1-4-8-15)21-11-13-23-14-12-22-18(20)16-9-5-2-6-10-16/h1-10H,11-14H2. The molecular formula is C18H18O4S. The van der Waals surface area contributed by atoms with E-state index >= 15 is 0 Å². The van der Waals surface area contributed by atoms with Gasteiger partial charge in [-0.1, -0.05) is 36.4 Å². The Balaban J connectivity index is 1.53. The summed E-state index contributed by atoms with van der Waals surface area (Å²) < 4.78 is 10.3. The Labute approximate surface area is 139 Å². The molecule has 2 aromatic rings. The molecule has 0 aliphatic carbocycles. The van der Waals surface area contributed by atoms with Crippen molar-refractivity contribution in [3.63, 3.8) is 0 Å². The van der Waals surface area contributed by atoms with Crippen LogP contribution in [0.3, 0.4) is 0 Å². The summed E-state index contributed by atoms with van der Waals surface area (Å²) in [5.41, 5.74) is 1.10. The van der Waals surface area contributed by atoms with Gasteiger partial charge < -0.3 is 9.47 Å². The number of hydrogen-bond acceptors (Lipinski definition) is 5. The molecule has 0 saturated carbocycles. The summed E-state index contributed by atoms with van der Waals surface area (Å²) in [6.45, 7) is 0.677. The van der Waals surface area contributed by atoms with Crippen LogP contribution in [0.15, 0.2) is 60.7 Å². The molecule has 2 rings (SSSR count). The molecule has 0 heterocycles. The van der Waals surface area contributed by atoms with Gasteiger partial charge in [-0.25, -0.2) is 9.59 Å². The molecule has 0 spiro atoms. The second-order valence-corrected chi connectivity index (χ2v) is 5.84. The first-order chi connectivity index (χ1) is 11.3. The molecule has 0 N–H and O–H groups in total. The van der Waals surface area contributed by atoms with Gasteiger partial charge in [-0.3, -0.25) is 0 Å². The van der Waals surface area contributed by atoms with Crippen LogP contribution < -0.4 is 0 Å². The molecule has 0 radical (unpaired) electrons. The number of carbonyl (C=O) groups excluding carboxylic acids is 2. The van der Waals surface area contributed by atoms with E-state index in [4.69, 9.17) is 9.47 Å². The highest BCUT2D eigenvalue weighted by atomic mass is 32.2. The second kappa shape index (κ2) is 9.69. The Morgan fingerprint density at radius 3 is 1.48 bits per heavy atom. The van der Waals surface area contributed by atoms with E-state index < -0.39 is 0 Å². The van der Waals surface area contributed by atoms with Gasteiger partial charge in [0.25, 0.3) is 0 Å². The van der Waals surface area contributed by atoms with Crippen LogP contribution in [0.5, 0.6) is 0 Å². The first kappa shape index (κ1) is 17.1. The van der Waals surface area contributed by atoms with E-state index in [-0.39, 0.29) is 11.9 Å². The third-order valence-corrected chi connectivity index (χ3v) is 3.85. The summed E-state index contributed by atoms with van der Waals surface area (Å²) in [6, 6.07) is 17.8. The Morgan fingerprint density at radius 1 is 0.696 bits per heavy atom. The highest BCUT2D eigenvalue weighted by molar-refractivity contribution is 7.99. The van der Waals surface area contributed by atoms with Crippen molar-refractivity contribution in [2.75, 3.05) is 24.7 Å². The lowest BCUT2D eigenvalue weighted by Gasteiger charge is -2.06. The van der Waals surface area contributed by atoms with Gasteiger partial charge in [0, 0.05) is 11.5 Å². The molecule has 23 heavy (non-hydrogen) atoms. The van der Waals surface area contributed by atoms with Gasteiger partial charge in [-0.15, -0.1) is 0 Å². The summed E-state index contributed by atoms with van der Waals surface area (Å²) in [5.74, 6) is 0.701. The molecule has 5 heteroatoms. The Morgan fingerprint density at radius 2 is 1.09 bits per heavy atom. The van der Waals surface area contributed by atoms with Gasteiger partial charge in [-0.05, 0) is 24.3 Å². The van der Waals surface area contributed by atoms with Gasteiger partial charge in [0.2, 0.25) is 0 Å². The molecule has 0 atom stereocenters. The molecule has 0 aliphatic rings. The van der Waals surface area contributed by atoms with Gasteiger partial charge in [0.1, 0.15) is 13.2 Å². The van der Waals surface area contributed by atoms with Crippen LogP contribution in [0, 0.1) is 0 Å². The minimum Gasteiger partial charge on any atom is -0.461 e. The molecule has 0 fully saturated rings. The van der Waals surface area contributed by atoms with E-state index in [0.29, 0.717) is 35.8 Å². The largest absolute Gasteiger partial charge is 0.461 e. The van der Waals surface area contributed by atoms with E-state index in [0.717, 1.165) is 0 Å². The Hall–Kier alpha value is -2.27. The summed E-state index contributed by atoms with van der Waals surface area (Å²) in [7, 11) is 0. The lowest BCUT2D eigenvalue weighted by atomic mass is 10.2. The number of carbonyl (C=O) groups is 2. The van der Waals surface area contributed by atoms with Crippen LogP contribution in [0.1, 0.15) is 20.7 Å². The first-order valence-corrected chi connectivity index (χ1v) is 8.45. The Kier molecular flexibility index (Phi) is 7.20. The molecule has 0 unspecified atom stereocenters. The topological polar surface area (TPSA) is 52.6 Å². The van der Waals surface area contributed by atoms with E-state index in [1.54, 1.807) is 60.3 Å². The zero-order valence-electron chi connectivity index (χ0n) is 12.6. The lowest BCUT2D eigenvalue weighted by Crippen LogP contribution is -2.10. The third kappa shape index (κ3) is 6.16. The van der Waals surface area contributed by atoms with Crippen molar-refractivity contribution in [3.8, 4) is 0 Å². The van der Waals surface area contributed by atoms with Crippen molar-refractivity contribution in [1.82, 2.24) is 0 Å². The number of ether oxygens (including phenoxy) is 2. The summed E-state index contributed by atoms with van der Waals surface area (Å²) in [6.07, 6.45) is 0. The van der Waals surface area contributed by atoms with Crippen molar-refractivity contribution < 1.29 is 19.1 Å². The van der Waals surface area contributed by atoms with Crippen LogP contribution in [0.4, 0.5) is 0 Å². The van der Waals surface area contributed by atoms with Crippen molar-refractivity contribution in [1.29, 1.82) is 0 Å². The SMILES string of the molecule is O=C(OCCSCCOC(=O)c1ccccc1)c1ccccc1.